The lowest BCUT2D eigenvalue weighted by Gasteiger charge is -2.50. The third-order valence-corrected chi connectivity index (χ3v) is 11.4. The molecule has 2 saturated heterocycles. The summed E-state index contributed by atoms with van der Waals surface area (Å²) in [4.78, 5) is 47.6. The first-order valence-corrected chi connectivity index (χ1v) is 17.0. The molecule has 3 N–H and O–H groups in total. The van der Waals surface area contributed by atoms with Gasteiger partial charge in [-0.05, 0) is 87.1 Å². The number of anilines is 1. The zero-order valence-corrected chi connectivity index (χ0v) is 28.2. The molecular weight excluding hydrogens is 632 g/mol. The van der Waals surface area contributed by atoms with Gasteiger partial charge in [-0.15, -0.1) is 0 Å². The maximum Gasteiger partial charge on any atom is 0.251 e. The lowest BCUT2D eigenvalue weighted by molar-refractivity contribution is -0.147. The van der Waals surface area contributed by atoms with Gasteiger partial charge in [0.25, 0.3) is 5.91 Å². The van der Waals surface area contributed by atoms with Crippen LogP contribution in [0.15, 0.2) is 30.5 Å². The van der Waals surface area contributed by atoms with Gasteiger partial charge in [0.15, 0.2) is 11.0 Å². The van der Waals surface area contributed by atoms with E-state index in [1.54, 1.807) is 17.0 Å². The summed E-state index contributed by atoms with van der Waals surface area (Å²) >= 11 is 12.6. The second-order valence-electron chi connectivity index (χ2n) is 13.9. The molecule has 248 valence electrons. The Morgan fingerprint density at radius 1 is 1.11 bits per heavy atom. The quantitative estimate of drug-likeness (QED) is 0.357. The first-order valence-electron chi connectivity index (χ1n) is 16.3. The standard InChI is InChI=1S/C34H42Cl2FN5O4/c1-5-42(6-2)30(44)24-10-8-20(18-46-24)39-29(43)27-25(21-11-16-38-28(36)26(21)37)34(33(41-27)14-12-32(3,4)13-15-33)22-9-7-19(35)17-23(22)40-31(34)45/h7,9,11,16-17,20,24-25,27,41H,5-6,8,10,12-15,18H2,1-4H3,(H,39,43)(H,40,45)/t20-,24+,25+,27-,34-/m1/s1. The van der Waals surface area contributed by atoms with Gasteiger partial charge in [0.2, 0.25) is 11.8 Å². The lowest BCUT2D eigenvalue weighted by Crippen LogP contribution is -2.61. The molecule has 4 aliphatic rings. The number of carbonyl (C=O) groups is 3. The number of amides is 3. The summed E-state index contributed by atoms with van der Waals surface area (Å²) in [5.41, 5.74) is -0.796. The summed E-state index contributed by atoms with van der Waals surface area (Å²) < 4.78 is 22.1. The van der Waals surface area contributed by atoms with E-state index in [0.29, 0.717) is 55.0 Å². The number of halogens is 3. The molecule has 1 aliphatic carbocycles. The third-order valence-electron chi connectivity index (χ3n) is 10.9. The van der Waals surface area contributed by atoms with Gasteiger partial charge in [0.1, 0.15) is 11.5 Å². The van der Waals surface area contributed by atoms with Crippen molar-refractivity contribution in [2.24, 2.45) is 5.41 Å². The fraction of sp³-hybridized carbons (Fsp3) is 0.588. The average Bonchev–Trinajstić information content (AvgIpc) is 3.49. The van der Waals surface area contributed by atoms with Crippen LogP contribution >= 0.6 is 23.2 Å². The molecule has 3 fully saturated rings. The number of rotatable bonds is 6. The Kier molecular flexibility index (Phi) is 8.89. The van der Waals surface area contributed by atoms with Gasteiger partial charge in [-0.25, -0.2) is 9.37 Å². The van der Waals surface area contributed by atoms with Crippen LogP contribution in [0.3, 0.4) is 0 Å². The third kappa shape index (κ3) is 5.29. The highest BCUT2D eigenvalue weighted by atomic mass is 35.5. The maximum atomic E-state index is 16.1. The molecule has 6 rings (SSSR count). The molecular formula is C34H42Cl2FN5O4. The van der Waals surface area contributed by atoms with Crippen LogP contribution in [0.4, 0.5) is 10.1 Å². The number of nitrogens with zero attached hydrogens (tertiary/aromatic N) is 2. The summed E-state index contributed by atoms with van der Waals surface area (Å²) in [6, 6.07) is 5.45. The second-order valence-corrected chi connectivity index (χ2v) is 14.7. The van der Waals surface area contributed by atoms with Crippen LogP contribution in [-0.2, 0) is 24.5 Å². The van der Waals surface area contributed by atoms with E-state index in [0.717, 1.165) is 12.8 Å². The summed E-state index contributed by atoms with van der Waals surface area (Å²) in [5.74, 6) is -2.43. The Balaban J connectivity index is 1.40. The van der Waals surface area contributed by atoms with Crippen molar-refractivity contribution in [2.75, 3.05) is 25.0 Å². The summed E-state index contributed by atoms with van der Waals surface area (Å²) in [6.07, 6.45) is 4.67. The highest BCUT2D eigenvalue weighted by Crippen LogP contribution is 2.64. The van der Waals surface area contributed by atoms with E-state index in [-0.39, 0.29) is 46.5 Å². The molecule has 1 saturated carbocycles. The van der Waals surface area contributed by atoms with E-state index >= 15 is 4.39 Å². The van der Waals surface area contributed by atoms with Gasteiger partial charge in [-0.3, -0.25) is 19.7 Å². The fourth-order valence-corrected chi connectivity index (χ4v) is 8.76. The van der Waals surface area contributed by atoms with Gasteiger partial charge in [-0.2, -0.15) is 0 Å². The minimum atomic E-state index is -1.35. The zero-order chi connectivity index (χ0) is 33.0. The van der Waals surface area contributed by atoms with Crippen molar-refractivity contribution < 1.29 is 23.5 Å². The Morgan fingerprint density at radius 3 is 2.48 bits per heavy atom. The van der Waals surface area contributed by atoms with E-state index < -0.39 is 34.8 Å². The van der Waals surface area contributed by atoms with Gasteiger partial charge in [-0.1, -0.05) is 43.1 Å². The molecule has 46 heavy (non-hydrogen) atoms. The predicted molar refractivity (Wildman–Crippen MR) is 174 cm³/mol. The molecule has 0 unspecified atom stereocenters. The number of benzene rings is 1. The Bertz CT molecular complexity index is 1530. The largest absolute Gasteiger partial charge is 0.366 e. The molecule has 2 aromatic rings. The topological polar surface area (TPSA) is 113 Å². The Hall–Kier alpha value is -2.79. The van der Waals surface area contributed by atoms with E-state index in [1.165, 1.54) is 12.3 Å². The summed E-state index contributed by atoms with van der Waals surface area (Å²) in [6.45, 7) is 9.64. The van der Waals surface area contributed by atoms with Gasteiger partial charge in [0.05, 0.1) is 18.7 Å². The highest BCUT2D eigenvalue weighted by Gasteiger charge is 2.73. The van der Waals surface area contributed by atoms with Crippen molar-refractivity contribution >= 4 is 46.6 Å². The first-order chi connectivity index (χ1) is 21.9. The molecule has 1 aromatic carbocycles. The summed E-state index contributed by atoms with van der Waals surface area (Å²) in [7, 11) is 0. The average molecular weight is 675 g/mol. The van der Waals surface area contributed by atoms with Crippen molar-refractivity contribution in [2.45, 2.75) is 101 Å². The SMILES string of the molecule is CCN(CC)C(=O)[C@@H]1CC[C@@H](NC(=O)[C@@H]2NC3(CCC(C)(C)CC3)[C@@]3(C(=O)Nc4cc(Cl)ccc43)[C@H]2c2ccnc(Cl)c2F)CO1. The first kappa shape index (κ1) is 33.1. The minimum Gasteiger partial charge on any atom is -0.366 e. The van der Waals surface area contributed by atoms with Gasteiger partial charge in [0, 0.05) is 41.5 Å². The molecule has 0 radical (unpaired) electrons. The predicted octanol–water partition coefficient (Wildman–Crippen LogP) is 5.34. The van der Waals surface area contributed by atoms with Crippen LogP contribution in [0.2, 0.25) is 10.2 Å². The molecule has 3 amide bonds. The maximum absolute atomic E-state index is 16.1. The fourth-order valence-electron chi connectivity index (χ4n) is 8.42. The van der Waals surface area contributed by atoms with Crippen molar-refractivity contribution in [3.05, 3.63) is 57.6 Å². The molecule has 12 heteroatoms. The number of pyridine rings is 1. The number of fused-ring (bicyclic) bond motifs is 3. The molecule has 2 spiro atoms. The highest BCUT2D eigenvalue weighted by molar-refractivity contribution is 6.31. The van der Waals surface area contributed by atoms with Crippen molar-refractivity contribution in [1.29, 1.82) is 0 Å². The monoisotopic (exact) mass is 673 g/mol. The van der Waals surface area contributed by atoms with E-state index in [4.69, 9.17) is 27.9 Å². The van der Waals surface area contributed by atoms with Crippen LogP contribution in [0.5, 0.6) is 0 Å². The molecule has 3 aliphatic heterocycles. The molecule has 9 nitrogen and oxygen atoms in total. The smallest absolute Gasteiger partial charge is 0.251 e. The number of hydrogen-bond acceptors (Lipinski definition) is 6. The number of ether oxygens (including phenoxy) is 1. The number of nitrogens with one attached hydrogen (secondary N) is 3. The van der Waals surface area contributed by atoms with E-state index in [1.807, 2.05) is 19.9 Å². The normalized spacial score (nSPS) is 29.4. The minimum absolute atomic E-state index is 0.0334. The number of likely N-dealkylation sites (N-methyl/N-ethyl adjacent to an activating group) is 1. The molecule has 4 heterocycles. The molecule has 5 atom stereocenters. The second kappa shape index (κ2) is 12.3. The zero-order valence-electron chi connectivity index (χ0n) is 26.7. The number of aromatic nitrogens is 1. The Morgan fingerprint density at radius 2 is 1.83 bits per heavy atom. The van der Waals surface area contributed by atoms with Crippen molar-refractivity contribution in [3.63, 3.8) is 0 Å². The molecule has 0 bridgehead atoms. The summed E-state index contributed by atoms with van der Waals surface area (Å²) in [5, 5.41) is 9.98. The van der Waals surface area contributed by atoms with Crippen LogP contribution in [0.25, 0.3) is 0 Å². The van der Waals surface area contributed by atoms with Crippen molar-refractivity contribution in [3.8, 4) is 0 Å². The van der Waals surface area contributed by atoms with Crippen LogP contribution in [0.1, 0.15) is 83.3 Å². The van der Waals surface area contributed by atoms with Gasteiger partial charge < -0.3 is 20.3 Å². The van der Waals surface area contributed by atoms with Crippen molar-refractivity contribution in [1.82, 2.24) is 20.5 Å². The van der Waals surface area contributed by atoms with Crippen LogP contribution in [-0.4, -0.2) is 71.0 Å². The number of hydrogen-bond donors (Lipinski definition) is 3. The van der Waals surface area contributed by atoms with Crippen LogP contribution in [0, 0.1) is 11.2 Å². The van der Waals surface area contributed by atoms with Gasteiger partial charge >= 0.3 is 0 Å². The van der Waals surface area contributed by atoms with Crippen LogP contribution < -0.4 is 16.0 Å². The molecule has 1 aromatic heterocycles. The lowest BCUT2D eigenvalue weighted by atomic mass is 9.53. The van der Waals surface area contributed by atoms with E-state index in [9.17, 15) is 14.4 Å². The van der Waals surface area contributed by atoms with E-state index in [2.05, 4.69) is 34.8 Å². The number of carbonyl (C=O) groups excluding carboxylic acids is 3. The Labute approximate surface area is 279 Å².